The molecule has 18 nitrogen and oxygen atoms in total. The van der Waals surface area contributed by atoms with Crippen LogP contribution in [0.1, 0.15) is 114 Å². The Balaban J connectivity index is 1.79. The van der Waals surface area contributed by atoms with Gasteiger partial charge in [-0.05, 0) is 98.7 Å². The first kappa shape index (κ1) is 56.7. The Morgan fingerprint density at radius 2 is 1.61 bits per heavy atom. The fraction of sp³-hybridized carbons (Fsp3) is 0.851. The Bertz CT molecular complexity index is 1780. The quantitative estimate of drug-likeness (QED) is 0.0929. The number of esters is 1. The standard InChI is InChI=1S/C47H84N4O14S/c1-14-21-48-27-47(57)33(8)62-37(24-45(47,10)60-13)64-39-30(5)41(44(9,55)23-28(3)25-49-32(7)40(53)46(11,56)36(15-2)63-42(54)31(39)6)65-43-38(52)35(22-29(4)61-43)51(12)66(58,59)50-26-34-19-17-16-18-20-34/h16-20,28-33,35-41,43,48-50,52-53,55-57H,14-15,21-27H2,1-13H3/t28-,29-,30+,31-,32-,33+,35+,36-,37+,38-,39+,40-,41-,43+,44-,45-,46-,47+/m1/s1. The normalized spacial score (nSPS) is 42.6. The summed E-state index contributed by atoms with van der Waals surface area (Å²) in [6, 6.07) is 7.36. The third-order valence-electron chi connectivity index (χ3n) is 14.5. The van der Waals surface area contributed by atoms with Crippen molar-refractivity contribution < 1.29 is 67.2 Å². The zero-order valence-corrected chi connectivity index (χ0v) is 42.4. The van der Waals surface area contributed by atoms with Gasteiger partial charge in [0.1, 0.15) is 35.1 Å². The molecule has 3 heterocycles. The first-order valence-corrected chi connectivity index (χ1v) is 25.2. The minimum atomic E-state index is -4.14. The molecular weight excluding hydrogens is 877 g/mol. The van der Waals surface area contributed by atoms with Crippen LogP contribution in [0.4, 0.5) is 0 Å². The molecule has 0 radical (unpaired) electrons. The summed E-state index contributed by atoms with van der Waals surface area (Å²) in [6.07, 6.45) is -9.26. The Morgan fingerprint density at radius 1 is 0.955 bits per heavy atom. The summed E-state index contributed by atoms with van der Waals surface area (Å²) in [5, 5.41) is 66.7. The van der Waals surface area contributed by atoms with Crippen LogP contribution < -0.4 is 15.4 Å². The number of nitrogens with one attached hydrogen (secondary N) is 3. The lowest BCUT2D eigenvalue weighted by molar-refractivity contribution is -0.336. The summed E-state index contributed by atoms with van der Waals surface area (Å²) in [4.78, 5) is 14.5. The van der Waals surface area contributed by atoms with E-state index in [1.807, 2.05) is 32.0 Å². The van der Waals surface area contributed by atoms with Crippen molar-refractivity contribution in [2.75, 3.05) is 33.8 Å². The highest BCUT2D eigenvalue weighted by Crippen LogP contribution is 2.43. The van der Waals surface area contributed by atoms with Crippen molar-refractivity contribution in [3.05, 3.63) is 35.9 Å². The number of carbonyl (C=O) groups excluding carboxylic acids is 1. The average molecular weight is 961 g/mol. The van der Waals surface area contributed by atoms with E-state index in [1.165, 1.54) is 21.1 Å². The van der Waals surface area contributed by atoms with Crippen LogP contribution in [0.2, 0.25) is 0 Å². The van der Waals surface area contributed by atoms with E-state index in [0.29, 0.717) is 6.54 Å². The molecule has 19 heteroatoms. The van der Waals surface area contributed by atoms with E-state index in [1.54, 1.807) is 67.5 Å². The molecule has 0 aliphatic carbocycles. The van der Waals surface area contributed by atoms with Crippen LogP contribution in [0.5, 0.6) is 0 Å². The van der Waals surface area contributed by atoms with Crippen molar-refractivity contribution in [3.8, 4) is 0 Å². The third-order valence-corrected chi connectivity index (χ3v) is 16.0. The van der Waals surface area contributed by atoms with Crippen LogP contribution in [0.3, 0.4) is 0 Å². The minimum absolute atomic E-state index is 0.0207. The van der Waals surface area contributed by atoms with Crippen LogP contribution in [0, 0.1) is 17.8 Å². The predicted molar refractivity (Wildman–Crippen MR) is 248 cm³/mol. The topological polar surface area (TPSA) is 247 Å². The number of cyclic esters (lactones) is 1. The number of aliphatic hydroxyl groups excluding tert-OH is 2. The molecule has 3 aliphatic heterocycles. The average Bonchev–Trinajstić information content (AvgIpc) is 3.26. The van der Waals surface area contributed by atoms with E-state index >= 15 is 0 Å². The van der Waals surface area contributed by atoms with Crippen LogP contribution in [0.25, 0.3) is 0 Å². The van der Waals surface area contributed by atoms with Gasteiger partial charge in [-0.15, -0.1) is 0 Å². The van der Waals surface area contributed by atoms with Crippen LogP contribution in [-0.4, -0.2) is 168 Å². The first-order chi connectivity index (χ1) is 30.7. The first-order valence-electron chi connectivity index (χ1n) is 23.8. The Morgan fingerprint density at radius 3 is 2.21 bits per heavy atom. The summed E-state index contributed by atoms with van der Waals surface area (Å²) >= 11 is 0. The lowest BCUT2D eigenvalue weighted by Gasteiger charge is -2.53. The molecule has 3 fully saturated rings. The number of nitrogens with zero attached hydrogens (tertiary/aromatic N) is 1. The number of hydrogen-bond acceptors (Lipinski definition) is 16. The molecule has 382 valence electrons. The number of rotatable bonds is 15. The Hall–Kier alpha value is -1.92. The van der Waals surface area contributed by atoms with Gasteiger partial charge in [0.05, 0.1) is 42.0 Å². The van der Waals surface area contributed by atoms with Crippen molar-refractivity contribution in [2.45, 2.75) is 205 Å². The maximum absolute atomic E-state index is 14.5. The van der Waals surface area contributed by atoms with Crippen molar-refractivity contribution in [3.63, 3.8) is 0 Å². The zero-order chi connectivity index (χ0) is 49.6. The van der Waals surface area contributed by atoms with Gasteiger partial charge in [-0.2, -0.15) is 17.4 Å². The zero-order valence-electron chi connectivity index (χ0n) is 41.6. The summed E-state index contributed by atoms with van der Waals surface area (Å²) in [7, 11) is -1.26. The molecule has 18 atom stereocenters. The number of methoxy groups -OCH3 is 1. The molecule has 66 heavy (non-hydrogen) atoms. The van der Waals surface area contributed by atoms with Gasteiger partial charge in [0, 0.05) is 45.6 Å². The highest BCUT2D eigenvalue weighted by Gasteiger charge is 2.58. The lowest BCUT2D eigenvalue weighted by Crippen LogP contribution is -2.70. The lowest BCUT2D eigenvalue weighted by atomic mass is 9.75. The summed E-state index contributed by atoms with van der Waals surface area (Å²) in [5.74, 6) is -3.13. The van der Waals surface area contributed by atoms with Crippen molar-refractivity contribution in [1.29, 1.82) is 0 Å². The summed E-state index contributed by atoms with van der Waals surface area (Å²) < 4.78 is 69.5. The number of benzene rings is 1. The molecule has 0 unspecified atom stereocenters. The molecule has 0 saturated carbocycles. The van der Waals surface area contributed by atoms with E-state index < -0.39 is 118 Å². The second-order valence-corrected chi connectivity index (χ2v) is 21.9. The fourth-order valence-corrected chi connectivity index (χ4v) is 11.2. The predicted octanol–water partition coefficient (Wildman–Crippen LogP) is 2.33. The molecular formula is C47H84N4O14S. The van der Waals surface area contributed by atoms with Crippen LogP contribution in [0.15, 0.2) is 30.3 Å². The Labute approximate surface area is 393 Å². The number of likely N-dealkylation sites (N-methyl/N-ethyl adjacent to an activating group) is 1. The fourth-order valence-electron chi connectivity index (χ4n) is 10.1. The number of ether oxygens (including phenoxy) is 6. The van der Waals surface area contributed by atoms with Gasteiger partial charge < -0.3 is 64.6 Å². The number of aliphatic hydroxyl groups is 5. The van der Waals surface area contributed by atoms with E-state index in [0.717, 1.165) is 16.3 Å². The smallest absolute Gasteiger partial charge is 0.311 e. The van der Waals surface area contributed by atoms with Crippen molar-refractivity contribution in [1.82, 2.24) is 19.7 Å². The second-order valence-electron chi connectivity index (χ2n) is 20.1. The molecule has 1 aromatic carbocycles. The molecule has 0 amide bonds. The molecule has 3 saturated heterocycles. The van der Waals surface area contributed by atoms with E-state index in [2.05, 4.69) is 15.4 Å². The van der Waals surface area contributed by atoms with Gasteiger partial charge in [-0.25, -0.2) is 0 Å². The van der Waals surface area contributed by atoms with Gasteiger partial charge in [-0.1, -0.05) is 58.0 Å². The van der Waals surface area contributed by atoms with Gasteiger partial charge in [0.25, 0.3) is 10.2 Å². The second kappa shape index (κ2) is 23.3. The molecule has 0 bridgehead atoms. The summed E-state index contributed by atoms with van der Waals surface area (Å²) in [5.41, 5.74) is -5.58. The Kier molecular flexibility index (Phi) is 20.0. The SMILES string of the molecule is CCCNC[C@]1(O)[C@H](C)O[C@@H](O[C@H]2[C@H](C)[C@@H](O[C@@H]3O[C@H](C)C[C@H](N(C)S(=O)(=O)NCc4ccccc4)[C@H]3O)[C@](C)(O)C[C@@H](C)CN[C@H](C)[C@@H](O)[C@](C)(O)[C@@H](CC)OC(=O)[C@@H]2C)C[C@@]1(C)OC. The van der Waals surface area contributed by atoms with Gasteiger partial charge in [0.2, 0.25) is 0 Å². The molecule has 0 spiro atoms. The van der Waals surface area contributed by atoms with E-state index in [-0.39, 0.29) is 51.2 Å². The van der Waals surface area contributed by atoms with Gasteiger partial charge >= 0.3 is 5.97 Å². The van der Waals surface area contributed by atoms with E-state index in [4.69, 9.17) is 28.4 Å². The summed E-state index contributed by atoms with van der Waals surface area (Å²) in [6.45, 7) is 20.1. The molecule has 4 rings (SSSR count). The largest absolute Gasteiger partial charge is 0.459 e. The van der Waals surface area contributed by atoms with Gasteiger partial charge in [-0.3, -0.25) is 4.79 Å². The van der Waals surface area contributed by atoms with E-state index in [9.17, 15) is 38.7 Å². The number of hydrogen-bond donors (Lipinski definition) is 8. The molecule has 3 aliphatic rings. The highest BCUT2D eigenvalue weighted by molar-refractivity contribution is 7.87. The monoisotopic (exact) mass is 961 g/mol. The third kappa shape index (κ3) is 13.1. The van der Waals surface area contributed by atoms with Crippen molar-refractivity contribution >= 4 is 16.2 Å². The molecule has 8 N–H and O–H groups in total. The highest BCUT2D eigenvalue weighted by atomic mass is 32.2. The maximum Gasteiger partial charge on any atom is 0.311 e. The van der Waals surface area contributed by atoms with Crippen LogP contribution in [-0.2, 0) is 50.0 Å². The number of carbonyl (C=O) groups is 1. The maximum atomic E-state index is 14.5. The van der Waals surface area contributed by atoms with Crippen LogP contribution >= 0.6 is 0 Å². The molecule has 1 aromatic rings. The van der Waals surface area contributed by atoms with Crippen molar-refractivity contribution in [2.24, 2.45) is 17.8 Å². The van der Waals surface area contributed by atoms with Gasteiger partial charge in [0.15, 0.2) is 12.6 Å². The molecule has 0 aromatic heterocycles. The minimum Gasteiger partial charge on any atom is -0.459 e.